The molecule has 0 saturated heterocycles. The number of aliphatic imine (C=N–C) groups is 1. The number of aromatic amines is 2. The van der Waals surface area contributed by atoms with Crippen LogP contribution in [0.5, 0.6) is 0 Å². The fourth-order valence-electron chi connectivity index (χ4n) is 2.23. The van der Waals surface area contributed by atoms with Gasteiger partial charge in [0.1, 0.15) is 29.3 Å². The Hall–Kier alpha value is -1.74. The zero-order valence-electron chi connectivity index (χ0n) is 10.1. The second kappa shape index (κ2) is 5.33. The molecule has 20 heavy (non-hydrogen) atoms. The quantitative estimate of drug-likeness (QED) is 0.463. The number of nitrogens with one attached hydrogen (secondary N) is 2. The van der Waals surface area contributed by atoms with Crippen molar-refractivity contribution >= 4 is 29.2 Å². The number of H-pyrrole nitrogens is 2. The summed E-state index contributed by atoms with van der Waals surface area (Å²) in [6.45, 7) is -0.363. The zero-order valence-corrected chi connectivity index (χ0v) is 11.0. The molecule has 0 radical (unpaired) electrons. The number of aliphatic hydroxyl groups excluding tert-OH is 3. The van der Waals surface area contributed by atoms with Crippen LogP contribution in [-0.2, 0) is 0 Å². The first-order valence-electron chi connectivity index (χ1n) is 5.73. The van der Waals surface area contributed by atoms with Crippen molar-refractivity contribution in [2.24, 2.45) is 4.99 Å². The predicted molar refractivity (Wildman–Crippen MR) is 73.4 cm³/mol. The van der Waals surface area contributed by atoms with Crippen molar-refractivity contribution in [3.8, 4) is 0 Å². The zero-order chi connectivity index (χ0) is 13.6. The SMILES string of the molecule is Cl.O=c1[nH]cnc2c(C3=N[C@H](CO)[C@@H](O)[C@H]3O)c[nH]c12. The molecule has 0 bridgehead atoms. The maximum atomic E-state index is 11.6. The minimum absolute atomic E-state index is 0. The van der Waals surface area contributed by atoms with Gasteiger partial charge in [-0.15, -0.1) is 12.4 Å². The summed E-state index contributed by atoms with van der Waals surface area (Å²) >= 11 is 0. The van der Waals surface area contributed by atoms with Crippen molar-refractivity contribution in [3.05, 3.63) is 28.4 Å². The van der Waals surface area contributed by atoms with Gasteiger partial charge in [0, 0.05) is 11.8 Å². The Morgan fingerprint density at radius 1 is 1.30 bits per heavy atom. The van der Waals surface area contributed by atoms with Crippen molar-refractivity contribution in [2.45, 2.75) is 18.2 Å². The highest BCUT2D eigenvalue weighted by Gasteiger charge is 2.37. The minimum Gasteiger partial charge on any atom is -0.394 e. The van der Waals surface area contributed by atoms with Gasteiger partial charge >= 0.3 is 0 Å². The summed E-state index contributed by atoms with van der Waals surface area (Å²) in [5.74, 6) is 0. The molecule has 3 heterocycles. The minimum atomic E-state index is -1.21. The van der Waals surface area contributed by atoms with Gasteiger partial charge in [0.2, 0.25) is 0 Å². The Morgan fingerprint density at radius 2 is 2.05 bits per heavy atom. The summed E-state index contributed by atoms with van der Waals surface area (Å²) in [6, 6.07) is -0.767. The second-order valence-corrected chi connectivity index (χ2v) is 4.36. The summed E-state index contributed by atoms with van der Waals surface area (Å²) in [5, 5.41) is 28.7. The molecule has 0 fully saturated rings. The van der Waals surface area contributed by atoms with E-state index in [0.29, 0.717) is 11.1 Å². The van der Waals surface area contributed by atoms with E-state index < -0.39 is 18.2 Å². The highest BCUT2D eigenvalue weighted by atomic mass is 35.5. The molecule has 0 saturated carbocycles. The largest absolute Gasteiger partial charge is 0.394 e. The predicted octanol–water partition coefficient (Wildman–Crippen LogP) is -1.44. The van der Waals surface area contributed by atoms with Gasteiger partial charge in [0.15, 0.2) is 0 Å². The Balaban J connectivity index is 0.00000147. The maximum absolute atomic E-state index is 11.6. The molecule has 1 aliphatic heterocycles. The van der Waals surface area contributed by atoms with Gasteiger partial charge < -0.3 is 25.3 Å². The topological polar surface area (TPSA) is 135 Å². The van der Waals surface area contributed by atoms with E-state index in [1.54, 1.807) is 0 Å². The van der Waals surface area contributed by atoms with Gasteiger partial charge in [-0.1, -0.05) is 0 Å². The molecule has 3 rings (SSSR count). The highest BCUT2D eigenvalue weighted by molar-refractivity contribution is 6.12. The van der Waals surface area contributed by atoms with Crippen molar-refractivity contribution < 1.29 is 15.3 Å². The molecule has 9 heteroatoms. The number of fused-ring (bicyclic) bond motifs is 1. The lowest BCUT2D eigenvalue weighted by Gasteiger charge is -2.12. The molecule has 0 amide bonds. The molecule has 3 atom stereocenters. The molecule has 5 N–H and O–H groups in total. The number of aromatic nitrogens is 3. The monoisotopic (exact) mass is 300 g/mol. The van der Waals surface area contributed by atoms with Crippen LogP contribution in [0.1, 0.15) is 5.56 Å². The number of halogens is 1. The van der Waals surface area contributed by atoms with Crippen LogP contribution in [0.2, 0.25) is 0 Å². The van der Waals surface area contributed by atoms with Crippen LogP contribution < -0.4 is 5.56 Å². The summed E-state index contributed by atoms with van der Waals surface area (Å²) in [7, 11) is 0. The van der Waals surface area contributed by atoms with Crippen LogP contribution >= 0.6 is 12.4 Å². The third kappa shape index (κ3) is 2.02. The van der Waals surface area contributed by atoms with Crippen molar-refractivity contribution in [3.63, 3.8) is 0 Å². The number of hydrogen-bond donors (Lipinski definition) is 5. The van der Waals surface area contributed by atoms with Crippen LogP contribution in [0.4, 0.5) is 0 Å². The van der Waals surface area contributed by atoms with E-state index in [2.05, 4.69) is 19.9 Å². The first-order valence-corrected chi connectivity index (χ1v) is 5.73. The Kier molecular flexibility index (Phi) is 3.91. The summed E-state index contributed by atoms with van der Waals surface area (Å²) < 4.78 is 0. The third-order valence-electron chi connectivity index (χ3n) is 3.23. The standard InChI is InChI=1S/C11H12N4O4.ClH/c16-2-5-9(17)10(18)7(15-5)4-1-12-8-6(4)13-3-14-11(8)19;/h1,3,5,9-10,12,16-18H,2H2,(H,13,14,19);1H/t5-,9-,10+;/m1./s1. The van der Waals surface area contributed by atoms with Gasteiger partial charge in [-0.25, -0.2) is 4.98 Å². The maximum Gasteiger partial charge on any atom is 0.275 e. The van der Waals surface area contributed by atoms with Gasteiger partial charge in [-0.05, 0) is 0 Å². The van der Waals surface area contributed by atoms with Gasteiger partial charge in [0.05, 0.1) is 18.6 Å². The number of aliphatic hydroxyl groups is 3. The van der Waals surface area contributed by atoms with Gasteiger partial charge in [0.25, 0.3) is 5.56 Å². The highest BCUT2D eigenvalue weighted by Crippen LogP contribution is 2.23. The molecule has 0 aliphatic carbocycles. The fraction of sp³-hybridized carbons (Fsp3) is 0.364. The lowest BCUT2D eigenvalue weighted by molar-refractivity contribution is 0.0408. The van der Waals surface area contributed by atoms with Crippen molar-refractivity contribution in [2.75, 3.05) is 6.61 Å². The smallest absolute Gasteiger partial charge is 0.275 e. The molecule has 1 aliphatic rings. The number of hydrogen-bond acceptors (Lipinski definition) is 6. The molecular weight excluding hydrogens is 288 g/mol. The first kappa shape index (κ1) is 14.7. The Labute approximate surface area is 118 Å². The number of rotatable bonds is 2. The molecular formula is C11H13ClN4O4. The van der Waals surface area contributed by atoms with E-state index in [4.69, 9.17) is 5.11 Å². The summed E-state index contributed by atoms with van der Waals surface area (Å²) in [6.07, 6.45) is 0.384. The van der Waals surface area contributed by atoms with Crippen molar-refractivity contribution in [1.29, 1.82) is 0 Å². The normalized spacial score (nSPS) is 25.6. The third-order valence-corrected chi connectivity index (χ3v) is 3.23. The van der Waals surface area contributed by atoms with Crippen LogP contribution in [0, 0.1) is 0 Å². The second-order valence-electron chi connectivity index (χ2n) is 4.36. The van der Waals surface area contributed by atoms with E-state index in [1.165, 1.54) is 12.5 Å². The lowest BCUT2D eigenvalue weighted by Crippen LogP contribution is -2.35. The Morgan fingerprint density at radius 3 is 2.70 bits per heavy atom. The van der Waals surface area contributed by atoms with E-state index in [1.807, 2.05) is 0 Å². The van der Waals surface area contributed by atoms with E-state index in [9.17, 15) is 15.0 Å². The summed E-state index contributed by atoms with van der Waals surface area (Å²) in [4.78, 5) is 24.9. The molecule has 8 nitrogen and oxygen atoms in total. The molecule has 0 aromatic carbocycles. The molecule has 108 valence electrons. The van der Waals surface area contributed by atoms with Crippen LogP contribution in [0.15, 0.2) is 22.3 Å². The number of nitrogens with zero attached hydrogens (tertiary/aromatic N) is 2. The molecule has 0 spiro atoms. The molecule has 2 aromatic heterocycles. The van der Waals surface area contributed by atoms with E-state index in [-0.39, 0.29) is 35.8 Å². The average Bonchev–Trinajstić information content (AvgIpc) is 2.94. The van der Waals surface area contributed by atoms with Crippen LogP contribution in [0.3, 0.4) is 0 Å². The van der Waals surface area contributed by atoms with Gasteiger partial charge in [-0.2, -0.15) is 0 Å². The van der Waals surface area contributed by atoms with Gasteiger partial charge in [-0.3, -0.25) is 9.79 Å². The Bertz CT molecular complexity index is 710. The van der Waals surface area contributed by atoms with Crippen LogP contribution in [0.25, 0.3) is 11.0 Å². The van der Waals surface area contributed by atoms with Crippen LogP contribution in [-0.4, -0.2) is 60.8 Å². The molecule has 2 aromatic rings. The fourth-order valence-corrected chi connectivity index (χ4v) is 2.23. The molecule has 0 unspecified atom stereocenters. The first-order chi connectivity index (χ1) is 9.13. The lowest BCUT2D eigenvalue weighted by atomic mass is 10.0. The van der Waals surface area contributed by atoms with Crippen molar-refractivity contribution in [1.82, 2.24) is 15.0 Å². The average molecular weight is 301 g/mol. The summed E-state index contributed by atoms with van der Waals surface area (Å²) in [5.41, 5.74) is 0.977. The van der Waals surface area contributed by atoms with E-state index >= 15 is 0 Å². The van der Waals surface area contributed by atoms with E-state index in [0.717, 1.165) is 0 Å².